The predicted octanol–water partition coefficient (Wildman–Crippen LogP) is 1.94. The first-order valence-corrected chi connectivity index (χ1v) is 9.55. The first kappa shape index (κ1) is 20.0. The summed E-state index contributed by atoms with van der Waals surface area (Å²) in [5.41, 5.74) is 0.914. The van der Waals surface area contributed by atoms with E-state index >= 15 is 0 Å². The normalized spacial score (nSPS) is 14.4. The molecular formula is C20H27FN6O. The fourth-order valence-electron chi connectivity index (χ4n) is 3.17. The van der Waals surface area contributed by atoms with E-state index in [1.807, 2.05) is 25.1 Å². The molecule has 8 heteroatoms. The molecule has 1 aromatic heterocycles. The van der Waals surface area contributed by atoms with Gasteiger partial charge in [-0.05, 0) is 51.3 Å². The van der Waals surface area contributed by atoms with E-state index in [0.717, 1.165) is 19.5 Å². The third kappa shape index (κ3) is 5.16. The Morgan fingerprint density at radius 3 is 2.50 bits per heavy atom. The van der Waals surface area contributed by atoms with Crippen LogP contribution in [0.1, 0.15) is 16.9 Å². The number of nitrogens with zero attached hydrogens (tertiary/aromatic N) is 5. The Hall–Kier alpha value is -2.74. The average molecular weight is 386 g/mol. The number of nitrogens with one attached hydrogen (secondary N) is 1. The van der Waals surface area contributed by atoms with E-state index in [1.165, 1.54) is 6.07 Å². The zero-order valence-electron chi connectivity index (χ0n) is 16.4. The van der Waals surface area contributed by atoms with Crippen molar-refractivity contribution in [2.45, 2.75) is 6.42 Å². The smallest absolute Gasteiger partial charge is 0.274 e. The summed E-state index contributed by atoms with van der Waals surface area (Å²) in [7, 11) is 4.08. The molecule has 0 aliphatic carbocycles. The van der Waals surface area contributed by atoms with Crippen molar-refractivity contribution in [2.24, 2.45) is 0 Å². The van der Waals surface area contributed by atoms with Gasteiger partial charge in [-0.1, -0.05) is 12.1 Å². The molecule has 0 atom stereocenters. The summed E-state index contributed by atoms with van der Waals surface area (Å²) < 4.78 is 13.9. The third-order valence-corrected chi connectivity index (χ3v) is 4.73. The Balaban J connectivity index is 1.50. The van der Waals surface area contributed by atoms with Crippen LogP contribution in [0.4, 0.5) is 15.9 Å². The van der Waals surface area contributed by atoms with Crippen LogP contribution in [0.15, 0.2) is 36.4 Å². The molecule has 0 spiro atoms. The van der Waals surface area contributed by atoms with E-state index in [4.69, 9.17) is 0 Å². The van der Waals surface area contributed by atoms with Gasteiger partial charge in [0.25, 0.3) is 5.91 Å². The molecule has 1 fully saturated rings. The molecule has 0 saturated carbocycles. The largest absolute Gasteiger partial charge is 0.369 e. The SMILES string of the molecule is CN(C)CCCNc1ccc(C(=O)N2CCN(c3ccccc3F)CC2)nn1. The monoisotopic (exact) mass is 386 g/mol. The molecule has 1 aliphatic heterocycles. The fourth-order valence-corrected chi connectivity index (χ4v) is 3.17. The summed E-state index contributed by atoms with van der Waals surface area (Å²) >= 11 is 0. The zero-order chi connectivity index (χ0) is 19.9. The van der Waals surface area contributed by atoms with Crippen molar-refractivity contribution in [3.63, 3.8) is 0 Å². The minimum atomic E-state index is -0.234. The van der Waals surface area contributed by atoms with Gasteiger partial charge in [0.1, 0.15) is 11.6 Å². The molecule has 150 valence electrons. The first-order valence-electron chi connectivity index (χ1n) is 9.55. The van der Waals surface area contributed by atoms with Gasteiger partial charge in [-0.25, -0.2) is 4.39 Å². The molecule has 28 heavy (non-hydrogen) atoms. The van der Waals surface area contributed by atoms with Gasteiger partial charge in [-0.3, -0.25) is 4.79 Å². The van der Waals surface area contributed by atoms with Crippen LogP contribution in [-0.4, -0.2) is 79.3 Å². The minimum Gasteiger partial charge on any atom is -0.369 e. The lowest BCUT2D eigenvalue weighted by molar-refractivity contribution is 0.0739. The van der Waals surface area contributed by atoms with Crippen molar-refractivity contribution < 1.29 is 9.18 Å². The van der Waals surface area contributed by atoms with Gasteiger partial charge in [0, 0.05) is 32.7 Å². The highest BCUT2D eigenvalue weighted by Crippen LogP contribution is 2.20. The quantitative estimate of drug-likeness (QED) is 0.734. The summed E-state index contributed by atoms with van der Waals surface area (Å²) in [5, 5.41) is 11.4. The molecule has 2 heterocycles. The van der Waals surface area contributed by atoms with Gasteiger partial charge < -0.3 is 20.0 Å². The van der Waals surface area contributed by atoms with Gasteiger partial charge in [0.2, 0.25) is 0 Å². The Bertz CT molecular complexity index is 775. The van der Waals surface area contributed by atoms with Crippen LogP contribution in [0.5, 0.6) is 0 Å². The molecule has 2 aromatic rings. The van der Waals surface area contributed by atoms with Gasteiger partial charge in [0.05, 0.1) is 5.69 Å². The van der Waals surface area contributed by atoms with Crippen LogP contribution < -0.4 is 10.2 Å². The van der Waals surface area contributed by atoms with E-state index in [-0.39, 0.29) is 11.7 Å². The molecular weight excluding hydrogens is 359 g/mol. The van der Waals surface area contributed by atoms with Crippen molar-refractivity contribution in [2.75, 3.05) is 63.6 Å². The van der Waals surface area contributed by atoms with Crippen molar-refractivity contribution in [1.29, 1.82) is 0 Å². The maximum atomic E-state index is 13.9. The molecule has 1 N–H and O–H groups in total. The second-order valence-corrected chi connectivity index (χ2v) is 7.12. The predicted molar refractivity (Wildman–Crippen MR) is 108 cm³/mol. The van der Waals surface area contributed by atoms with E-state index in [2.05, 4.69) is 20.4 Å². The van der Waals surface area contributed by atoms with Gasteiger partial charge in [-0.2, -0.15) is 0 Å². The van der Waals surface area contributed by atoms with Gasteiger partial charge in [-0.15, -0.1) is 10.2 Å². The number of anilines is 2. The molecule has 3 rings (SSSR count). The van der Waals surface area contributed by atoms with Crippen LogP contribution in [0.2, 0.25) is 0 Å². The first-order chi connectivity index (χ1) is 13.5. The standard InChI is InChI=1S/C20H27FN6O/c1-25(2)11-5-10-22-19-9-8-17(23-24-19)20(28)27-14-12-26(13-15-27)18-7-4-3-6-16(18)21/h3-4,6-9H,5,10-15H2,1-2H3,(H,22,24). The number of halogens is 1. The number of hydrogen-bond donors (Lipinski definition) is 1. The maximum absolute atomic E-state index is 13.9. The summed E-state index contributed by atoms with van der Waals surface area (Å²) in [6.07, 6.45) is 1.00. The molecule has 0 bridgehead atoms. The zero-order valence-corrected chi connectivity index (χ0v) is 16.4. The fraction of sp³-hybridized carbons (Fsp3) is 0.450. The Morgan fingerprint density at radius 1 is 1.11 bits per heavy atom. The molecule has 0 unspecified atom stereocenters. The van der Waals surface area contributed by atoms with Crippen molar-refractivity contribution in [3.8, 4) is 0 Å². The number of aromatic nitrogens is 2. The number of hydrogen-bond acceptors (Lipinski definition) is 6. The Morgan fingerprint density at radius 2 is 1.86 bits per heavy atom. The number of carbonyl (C=O) groups is 1. The van der Waals surface area contributed by atoms with Crippen LogP contribution in [0.25, 0.3) is 0 Å². The highest BCUT2D eigenvalue weighted by molar-refractivity contribution is 5.92. The van der Waals surface area contributed by atoms with E-state index in [9.17, 15) is 9.18 Å². The number of rotatable bonds is 7. The third-order valence-electron chi connectivity index (χ3n) is 4.73. The van der Waals surface area contributed by atoms with E-state index < -0.39 is 0 Å². The minimum absolute atomic E-state index is 0.139. The number of piperazine rings is 1. The summed E-state index contributed by atoms with van der Waals surface area (Å²) in [6.45, 7) is 4.03. The Labute approximate surface area is 165 Å². The van der Waals surface area contributed by atoms with Crippen LogP contribution >= 0.6 is 0 Å². The van der Waals surface area contributed by atoms with Gasteiger partial charge >= 0.3 is 0 Å². The Kier molecular flexibility index (Phi) is 6.76. The highest BCUT2D eigenvalue weighted by atomic mass is 19.1. The van der Waals surface area contributed by atoms with Gasteiger partial charge in [0.15, 0.2) is 5.69 Å². The van der Waals surface area contributed by atoms with Crippen LogP contribution in [0.3, 0.4) is 0 Å². The number of amides is 1. The summed E-state index contributed by atoms with van der Waals surface area (Å²) in [4.78, 5) is 18.5. The lowest BCUT2D eigenvalue weighted by atomic mass is 10.2. The number of benzene rings is 1. The topological polar surface area (TPSA) is 64.6 Å². The molecule has 7 nitrogen and oxygen atoms in total. The molecule has 1 aliphatic rings. The lowest BCUT2D eigenvalue weighted by Gasteiger charge is -2.36. The van der Waals surface area contributed by atoms with Crippen molar-refractivity contribution in [1.82, 2.24) is 20.0 Å². The average Bonchev–Trinajstić information content (AvgIpc) is 2.71. The maximum Gasteiger partial charge on any atom is 0.274 e. The van der Waals surface area contributed by atoms with Crippen molar-refractivity contribution in [3.05, 3.63) is 47.9 Å². The van der Waals surface area contributed by atoms with Crippen LogP contribution in [-0.2, 0) is 0 Å². The van der Waals surface area contributed by atoms with Crippen molar-refractivity contribution >= 4 is 17.4 Å². The molecule has 1 aromatic carbocycles. The number of para-hydroxylation sites is 1. The summed E-state index contributed by atoms with van der Waals surface area (Å²) in [6, 6.07) is 10.2. The molecule has 0 radical (unpaired) electrons. The second-order valence-electron chi connectivity index (χ2n) is 7.12. The van der Waals surface area contributed by atoms with E-state index in [0.29, 0.717) is 43.4 Å². The number of carbonyl (C=O) groups excluding carboxylic acids is 1. The highest BCUT2D eigenvalue weighted by Gasteiger charge is 2.24. The summed E-state index contributed by atoms with van der Waals surface area (Å²) in [5.74, 6) is 0.293. The van der Waals surface area contributed by atoms with Crippen LogP contribution in [0, 0.1) is 5.82 Å². The molecule has 1 amide bonds. The molecule has 1 saturated heterocycles. The second kappa shape index (κ2) is 9.45. The lowest BCUT2D eigenvalue weighted by Crippen LogP contribution is -2.49. The van der Waals surface area contributed by atoms with E-state index in [1.54, 1.807) is 29.2 Å².